The molecule has 1 aromatic carbocycles. The van der Waals surface area contributed by atoms with E-state index in [0.717, 1.165) is 50.5 Å². The molecule has 9 nitrogen and oxygen atoms in total. The first-order chi connectivity index (χ1) is 20.9. The topological polar surface area (TPSA) is 97.3 Å². The highest BCUT2D eigenvalue weighted by molar-refractivity contribution is 5.80. The summed E-state index contributed by atoms with van der Waals surface area (Å²) in [4.78, 5) is 30.0. The van der Waals surface area contributed by atoms with Crippen molar-refractivity contribution >= 4 is 17.6 Å². The van der Waals surface area contributed by atoms with Gasteiger partial charge in [0.25, 0.3) is 0 Å². The summed E-state index contributed by atoms with van der Waals surface area (Å²) in [6.07, 6.45) is 2.86. The number of primary amides is 1. The zero-order valence-corrected chi connectivity index (χ0v) is 28.5. The van der Waals surface area contributed by atoms with Gasteiger partial charge in [0.05, 0.1) is 19.2 Å². The van der Waals surface area contributed by atoms with Gasteiger partial charge in [0.1, 0.15) is 6.10 Å². The largest absolute Gasteiger partial charge is 0.394 e. The molecule has 1 aromatic rings. The molecule has 1 amide bonds. The molecule has 0 spiro atoms. The minimum absolute atomic E-state index is 0.0222. The van der Waals surface area contributed by atoms with E-state index in [1.807, 2.05) is 10.4 Å². The standard InChI is InChI=1S/C35H58N6O3/c1-9-28-31(21-42)44-41(32(28)33(43)38-30-19-26-18-29(24(30)6)35(26,7)8)20-25-11-10-12-27(17-25)39-13-15-40(16-14-39)34(36-22(2)3)37-23(4)5/h10-12,17,22-24,26,28-32,42H,9,13-16,18-21H2,1-8H3,(H,36,37)(H,38,43)/p+1/t24-,26+,28+,29-,30?,31-,32-/m0/s1. The molecule has 246 valence electrons. The molecule has 0 radical (unpaired) electrons. The number of aliphatic imine (C=N–C) groups is 1. The predicted octanol–water partition coefficient (Wildman–Crippen LogP) is 3.23. The first-order valence-electron chi connectivity index (χ1n) is 17.3. The number of quaternary nitrogens is 1. The summed E-state index contributed by atoms with van der Waals surface area (Å²) < 4.78 is 0. The third-order valence-electron chi connectivity index (χ3n) is 11.2. The van der Waals surface area contributed by atoms with Crippen LogP contribution in [0.3, 0.4) is 0 Å². The molecule has 2 saturated heterocycles. The molecule has 5 aliphatic rings. The molecule has 44 heavy (non-hydrogen) atoms. The lowest BCUT2D eigenvalue weighted by Crippen LogP contribution is -2.98. The number of fused-ring (bicyclic) bond motifs is 2. The molecule has 6 rings (SSSR count). The Morgan fingerprint density at radius 3 is 2.48 bits per heavy atom. The van der Waals surface area contributed by atoms with Gasteiger partial charge < -0.3 is 20.2 Å². The van der Waals surface area contributed by atoms with E-state index in [2.05, 4.69) is 94.8 Å². The van der Waals surface area contributed by atoms with Gasteiger partial charge in [0, 0.05) is 62.2 Å². The van der Waals surface area contributed by atoms with Crippen molar-refractivity contribution in [3.05, 3.63) is 29.8 Å². The van der Waals surface area contributed by atoms with Gasteiger partial charge in [-0.25, -0.2) is 4.79 Å². The van der Waals surface area contributed by atoms with Gasteiger partial charge >= 0.3 is 5.91 Å². The Labute approximate surface area is 265 Å². The number of carbonyl (C=O) groups is 1. The van der Waals surface area contributed by atoms with Gasteiger partial charge in [-0.2, -0.15) is 5.06 Å². The van der Waals surface area contributed by atoms with Crippen LogP contribution in [0.15, 0.2) is 29.3 Å². The maximum Gasteiger partial charge on any atom is 0.330 e. The third kappa shape index (κ3) is 6.81. The fourth-order valence-electron chi connectivity index (χ4n) is 8.52. The van der Waals surface area contributed by atoms with Crippen molar-refractivity contribution in [2.45, 2.75) is 111 Å². The van der Waals surface area contributed by atoms with Crippen LogP contribution in [0.2, 0.25) is 0 Å². The maximum absolute atomic E-state index is 14.0. The number of nitrogens with two attached hydrogens (primary N) is 1. The minimum Gasteiger partial charge on any atom is -0.394 e. The van der Waals surface area contributed by atoms with Crippen LogP contribution in [0.5, 0.6) is 0 Å². The number of piperazine rings is 1. The van der Waals surface area contributed by atoms with E-state index >= 15 is 0 Å². The molecule has 3 saturated carbocycles. The first-order valence-corrected chi connectivity index (χ1v) is 17.3. The number of guanidine groups is 1. The smallest absolute Gasteiger partial charge is 0.330 e. The molecule has 2 heterocycles. The zero-order chi connectivity index (χ0) is 31.8. The van der Waals surface area contributed by atoms with Gasteiger partial charge in [-0.05, 0) is 75.5 Å². The number of hydrogen-bond acceptors (Lipinski definition) is 6. The lowest BCUT2D eigenvalue weighted by atomic mass is 9.45. The normalized spacial score (nSPS) is 32.3. The number of amides is 1. The van der Waals surface area contributed by atoms with E-state index in [0.29, 0.717) is 41.8 Å². The van der Waals surface area contributed by atoms with E-state index in [1.54, 1.807) is 0 Å². The Morgan fingerprint density at radius 1 is 1.16 bits per heavy atom. The molecule has 0 aromatic heterocycles. The fourth-order valence-corrected chi connectivity index (χ4v) is 8.52. The second kappa shape index (κ2) is 13.7. The average Bonchev–Trinajstić information content (AvgIpc) is 3.34. The summed E-state index contributed by atoms with van der Waals surface area (Å²) in [6, 6.07) is 9.20. The van der Waals surface area contributed by atoms with Crippen molar-refractivity contribution < 1.29 is 20.1 Å². The number of aliphatic hydroxyl groups is 1. The summed E-state index contributed by atoms with van der Waals surface area (Å²) in [5, 5.41) is 17.7. The second-order valence-electron chi connectivity index (χ2n) is 15.1. The lowest BCUT2D eigenvalue weighted by Gasteiger charge is -2.60. The van der Waals surface area contributed by atoms with Crippen molar-refractivity contribution in [1.82, 2.24) is 15.3 Å². The molecule has 2 aliphatic heterocycles. The Hall–Kier alpha value is -2.20. The number of anilines is 1. The van der Waals surface area contributed by atoms with Crippen LogP contribution in [-0.4, -0.2) is 90.0 Å². The van der Waals surface area contributed by atoms with E-state index in [-0.39, 0.29) is 36.6 Å². The highest BCUT2D eigenvalue weighted by Gasteiger charge is 2.58. The van der Waals surface area contributed by atoms with E-state index in [1.165, 1.54) is 12.1 Å². The van der Waals surface area contributed by atoms with Crippen molar-refractivity contribution in [3.63, 3.8) is 0 Å². The number of nitrogens with one attached hydrogen (secondary N) is 1. The molecule has 7 atom stereocenters. The molecule has 9 heteroatoms. The van der Waals surface area contributed by atoms with Crippen LogP contribution < -0.4 is 15.5 Å². The quantitative estimate of drug-likeness (QED) is 0.292. The van der Waals surface area contributed by atoms with Crippen molar-refractivity contribution in [2.24, 2.45) is 34.1 Å². The third-order valence-corrected chi connectivity index (χ3v) is 11.2. The van der Waals surface area contributed by atoms with Crippen molar-refractivity contribution in [1.29, 1.82) is 0 Å². The monoisotopic (exact) mass is 611 g/mol. The van der Waals surface area contributed by atoms with E-state index < -0.39 is 0 Å². The van der Waals surface area contributed by atoms with Crippen LogP contribution in [0.1, 0.15) is 80.2 Å². The summed E-state index contributed by atoms with van der Waals surface area (Å²) in [6.45, 7) is 21.9. The fraction of sp³-hybridized carbons (Fsp3) is 0.771. The number of benzene rings is 1. The van der Waals surface area contributed by atoms with Crippen LogP contribution in [0.25, 0.3) is 0 Å². The summed E-state index contributed by atoms with van der Waals surface area (Å²) in [5.74, 6) is 3.08. The predicted molar refractivity (Wildman–Crippen MR) is 176 cm³/mol. The molecule has 3 aliphatic carbocycles. The Morgan fingerprint density at radius 2 is 1.89 bits per heavy atom. The Balaban J connectivity index is 1.25. The van der Waals surface area contributed by atoms with Gasteiger partial charge in [-0.1, -0.05) is 39.8 Å². The van der Waals surface area contributed by atoms with Gasteiger partial charge in [0.15, 0.2) is 12.0 Å². The summed E-state index contributed by atoms with van der Waals surface area (Å²) in [7, 11) is 0. The molecule has 4 N–H and O–H groups in total. The van der Waals surface area contributed by atoms with E-state index in [4.69, 9.17) is 9.83 Å². The molecule has 2 bridgehead atoms. The van der Waals surface area contributed by atoms with Gasteiger partial charge in [-0.15, -0.1) is 0 Å². The van der Waals surface area contributed by atoms with Gasteiger partial charge in [0.2, 0.25) is 0 Å². The van der Waals surface area contributed by atoms with Crippen LogP contribution in [0.4, 0.5) is 5.69 Å². The van der Waals surface area contributed by atoms with Crippen molar-refractivity contribution in [3.8, 4) is 0 Å². The summed E-state index contributed by atoms with van der Waals surface area (Å²) in [5.41, 5.74) is 2.71. The Bertz CT molecular complexity index is 1160. The van der Waals surface area contributed by atoms with Crippen LogP contribution in [0, 0.1) is 29.1 Å². The molecular weight excluding hydrogens is 552 g/mol. The molecule has 1 unspecified atom stereocenters. The molecular formula is C35H59N6O3+. The first kappa shape index (κ1) is 33.2. The number of hydrogen-bond donors (Lipinski definition) is 3. The molecule has 5 fully saturated rings. The highest BCUT2D eigenvalue weighted by Crippen LogP contribution is 2.60. The average molecular weight is 612 g/mol. The van der Waals surface area contributed by atoms with Crippen LogP contribution >= 0.6 is 0 Å². The Kier molecular flexibility index (Phi) is 10.3. The van der Waals surface area contributed by atoms with Crippen LogP contribution in [-0.2, 0) is 16.2 Å². The SMILES string of the molecule is CC[C@@H]1[C@H](CO)ON(Cc2cccc(N3CCN(C(=NC(C)C)NC(C)C)CC3)c2)[C@@H]1C(=O)[NH2+]C1C[C@H]2C[C@@H]([C@@H]1C)C2(C)C. The number of rotatable bonds is 9. The number of hydroxylamine groups is 2. The van der Waals surface area contributed by atoms with E-state index in [9.17, 15) is 9.90 Å². The van der Waals surface area contributed by atoms with Crippen molar-refractivity contribution in [2.75, 3.05) is 37.7 Å². The number of aliphatic hydroxyl groups excluding tert-OH is 1. The minimum atomic E-state index is -0.366. The van der Waals surface area contributed by atoms with Gasteiger partial charge in [-0.3, -0.25) is 15.1 Å². The second-order valence-corrected chi connectivity index (χ2v) is 15.1. The lowest BCUT2D eigenvalue weighted by molar-refractivity contribution is -0.628. The zero-order valence-electron chi connectivity index (χ0n) is 28.5. The number of nitrogens with zero attached hydrogens (tertiary/aromatic N) is 4. The summed E-state index contributed by atoms with van der Waals surface area (Å²) >= 11 is 0. The number of carbonyl (C=O) groups excluding carboxylic acids is 1. The highest BCUT2D eigenvalue weighted by atomic mass is 16.7. The maximum atomic E-state index is 14.0.